The lowest BCUT2D eigenvalue weighted by Crippen LogP contribution is -2.55. The third-order valence-corrected chi connectivity index (χ3v) is 8.42. The van der Waals surface area contributed by atoms with Crippen LogP contribution in [0.5, 0.6) is 0 Å². The van der Waals surface area contributed by atoms with E-state index in [0.29, 0.717) is 30.7 Å². The number of nitrogens with one attached hydrogen (secondary N) is 1. The van der Waals surface area contributed by atoms with Gasteiger partial charge in [-0.25, -0.2) is 14.2 Å². The fraction of sp³-hybridized carbons (Fsp3) is 0.667. The number of carbonyl (C=O) groups is 2. The zero-order valence-electron chi connectivity index (χ0n) is 22.2. The normalized spacial score (nSPS) is 25.6. The summed E-state index contributed by atoms with van der Waals surface area (Å²) in [5.74, 6) is 0.113. The number of carbonyl (C=O) groups excluding carboxylic acids is 2. The number of aliphatic hydroxyl groups excluding tert-OH is 1. The van der Waals surface area contributed by atoms with Crippen LogP contribution in [0.2, 0.25) is 0 Å². The molecule has 3 fully saturated rings. The number of benzene rings is 1. The van der Waals surface area contributed by atoms with E-state index in [4.69, 9.17) is 0 Å². The predicted octanol–water partition coefficient (Wildman–Crippen LogP) is 1.46. The van der Waals surface area contributed by atoms with Crippen LogP contribution >= 0.6 is 0 Å². The van der Waals surface area contributed by atoms with E-state index >= 15 is 0 Å². The number of β-amino-alcohol motifs (C(OH)–C–C–N with tert-alkyl or cyclic N) is 1. The highest BCUT2D eigenvalue weighted by Gasteiger charge is 2.42. The Balaban J connectivity index is 1.19. The van der Waals surface area contributed by atoms with Crippen LogP contribution in [-0.4, -0.2) is 104 Å². The maximum absolute atomic E-state index is 13.3. The second kappa shape index (κ2) is 10.6. The maximum Gasteiger partial charge on any atom is 0.337 e. The van der Waals surface area contributed by atoms with E-state index in [1.54, 1.807) is 11.5 Å². The van der Waals surface area contributed by atoms with Gasteiger partial charge in [-0.2, -0.15) is 0 Å². The fourth-order valence-corrected chi connectivity index (χ4v) is 6.64. The third-order valence-electron chi connectivity index (χ3n) is 8.42. The summed E-state index contributed by atoms with van der Waals surface area (Å²) in [5.41, 5.74) is 1.09. The van der Waals surface area contributed by atoms with Crippen molar-refractivity contribution in [2.75, 3.05) is 39.3 Å². The van der Waals surface area contributed by atoms with Crippen molar-refractivity contribution in [3.8, 4) is 0 Å². The van der Waals surface area contributed by atoms with Crippen LogP contribution in [0, 0.1) is 0 Å². The van der Waals surface area contributed by atoms with E-state index in [-0.39, 0.29) is 29.7 Å². The van der Waals surface area contributed by atoms with Gasteiger partial charge in [-0.3, -0.25) is 19.2 Å². The molecule has 0 radical (unpaired) electrons. The molecule has 2 unspecified atom stereocenters. The number of imidazole rings is 1. The van der Waals surface area contributed by atoms with Crippen molar-refractivity contribution in [3.63, 3.8) is 0 Å². The number of hydrogen-bond donors (Lipinski definition) is 2. The first-order valence-corrected chi connectivity index (χ1v) is 13.7. The molecule has 5 rings (SSSR count). The highest BCUT2D eigenvalue weighted by molar-refractivity contribution is 5.89. The Morgan fingerprint density at radius 2 is 1.62 bits per heavy atom. The number of nitrogens with zero attached hydrogens (tertiary/aromatic N) is 5. The number of amides is 2. The van der Waals surface area contributed by atoms with Crippen molar-refractivity contribution in [1.29, 1.82) is 0 Å². The molecule has 4 heterocycles. The molecule has 3 atom stereocenters. The number of rotatable bonds is 6. The molecule has 3 aliphatic heterocycles. The van der Waals surface area contributed by atoms with Gasteiger partial charge in [0, 0.05) is 70.4 Å². The molecule has 10 nitrogen and oxygen atoms in total. The number of aromatic nitrogens is 2. The summed E-state index contributed by atoms with van der Waals surface area (Å²) in [6.07, 6.45) is 3.33. The molecule has 1 aromatic heterocycles. The number of aliphatic hydroxyl groups is 1. The molecule has 0 saturated carbocycles. The van der Waals surface area contributed by atoms with E-state index in [9.17, 15) is 19.5 Å². The number of piperazine rings is 1. The van der Waals surface area contributed by atoms with E-state index in [1.165, 1.54) is 4.57 Å². The van der Waals surface area contributed by atoms with Gasteiger partial charge in [0.1, 0.15) is 0 Å². The quantitative estimate of drug-likeness (QED) is 0.608. The maximum atomic E-state index is 13.3. The second-order valence-corrected chi connectivity index (χ2v) is 11.2. The molecule has 3 aliphatic rings. The van der Waals surface area contributed by atoms with Gasteiger partial charge in [0.25, 0.3) is 0 Å². The summed E-state index contributed by atoms with van der Waals surface area (Å²) < 4.78 is 2.95. The topological polar surface area (TPSA) is 103 Å². The molecule has 2 N–H and O–H groups in total. The van der Waals surface area contributed by atoms with E-state index < -0.39 is 6.10 Å². The largest absolute Gasteiger partial charge is 0.390 e. The number of piperidine rings is 1. The summed E-state index contributed by atoms with van der Waals surface area (Å²) in [5, 5.41) is 14.0. The lowest BCUT2D eigenvalue weighted by Gasteiger charge is -2.41. The van der Waals surface area contributed by atoms with Crippen molar-refractivity contribution in [2.24, 2.45) is 0 Å². The van der Waals surface area contributed by atoms with Gasteiger partial charge < -0.3 is 15.3 Å². The van der Waals surface area contributed by atoms with Crippen molar-refractivity contribution >= 4 is 23.0 Å². The van der Waals surface area contributed by atoms with Gasteiger partial charge >= 0.3 is 11.7 Å². The van der Waals surface area contributed by atoms with Crippen LogP contribution in [-0.2, 0) is 4.79 Å². The Bertz CT molecular complexity index is 1180. The molecule has 0 aliphatic carbocycles. The first kappa shape index (κ1) is 25.9. The summed E-state index contributed by atoms with van der Waals surface area (Å²) in [4.78, 5) is 44.5. The summed E-state index contributed by atoms with van der Waals surface area (Å²) in [6, 6.07) is 7.69. The molecule has 202 valence electrons. The van der Waals surface area contributed by atoms with Crippen LogP contribution in [0.25, 0.3) is 11.0 Å². The van der Waals surface area contributed by atoms with Gasteiger partial charge in [-0.05, 0) is 51.7 Å². The van der Waals surface area contributed by atoms with Gasteiger partial charge in [-0.15, -0.1) is 0 Å². The van der Waals surface area contributed by atoms with Gasteiger partial charge in [0.05, 0.1) is 17.1 Å². The summed E-state index contributed by atoms with van der Waals surface area (Å²) in [7, 11) is 0. The number of fused-ring (bicyclic) bond motifs is 3. The Labute approximate surface area is 217 Å². The molecule has 0 spiro atoms. The van der Waals surface area contributed by atoms with E-state index in [1.807, 2.05) is 43.0 Å². The van der Waals surface area contributed by atoms with Crippen LogP contribution < -0.4 is 11.0 Å². The zero-order valence-corrected chi connectivity index (χ0v) is 22.2. The standard InChI is InChI=1S/C27H40N6O4/c1-18(2)32-24-6-4-5-7-25(24)33(27(32)37)26(36)28-20-14-21-8-9-22(15-20)31(21)17-23(35)16-29-10-12-30(13-11-29)19(3)34/h4-7,18,20-23,35H,8-17H2,1-3H3,(H,28,36)/t20?,21?,22?,23-/m0/s1. The third kappa shape index (κ3) is 5.19. The van der Waals surface area contributed by atoms with Gasteiger partial charge in [0.2, 0.25) is 5.91 Å². The lowest BCUT2D eigenvalue weighted by atomic mass is 9.97. The van der Waals surface area contributed by atoms with Crippen LogP contribution in [0.3, 0.4) is 0 Å². The summed E-state index contributed by atoms with van der Waals surface area (Å²) >= 11 is 0. The smallest absolute Gasteiger partial charge is 0.337 e. The Morgan fingerprint density at radius 3 is 2.22 bits per heavy atom. The Kier molecular flexibility index (Phi) is 7.42. The molecule has 2 amide bonds. The SMILES string of the molecule is CC(=O)N1CCN(C[C@H](O)CN2C3CCC2CC(NC(=O)n2c(=O)n(C(C)C)c4ccccc42)C3)CC1. The van der Waals surface area contributed by atoms with Crippen LogP contribution in [0.15, 0.2) is 29.1 Å². The van der Waals surface area contributed by atoms with Crippen LogP contribution in [0.4, 0.5) is 4.79 Å². The fourth-order valence-electron chi connectivity index (χ4n) is 6.64. The monoisotopic (exact) mass is 512 g/mol. The second-order valence-electron chi connectivity index (χ2n) is 11.2. The van der Waals surface area contributed by atoms with Crippen molar-refractivity contribution in [1.82, 2.24) is 29.2 Å². The Hall–Kier alpha value is -2.69. The molecule has 1 aromatic carbocycles. The lowest BCUT2D eigenvalue weighted by molar-refractivity contribution is -0.130. The molecule has 37 heavy (non-hydrogen) atoms. The highest BCUT2D eigenvalue weighted by Crippen LogP contribution is 2.36. The van der Waals surface area contributed by atoms with Gasteiger partial charge in [-0.1, -0.05) is 12.1 Å². The number of para-hydroxylation sites is 2. The van der Waals surface area contributed by atoms with Crippen molar-refractivity contribution in [3.05, 3.63) is 34.7 Å². The minimum atomic E-state index is -0.446. The first-order chi connectivity index (χ1) is 17.7. The molecular formula is C27H40N6O4. The molecular weight excluding hydrogens is 472 g/mol. The van der Waals surface area contributed by atoms with E-state index in [0.717, 1.165) is 57.4 Å². The van der Waals surface area contributed by atoms with Crippen molar-refractivity contribution in [2.45, 2.75) is 76.7 Å². The summed E-state index contributed by atoms with van der Waals surface area (Å²) in [6.45, 7) is 9.78. The average Bonchev–Trinajstić information content (AvgIpc) is 3.27. The van der Waals surface area contributed by atoms with Crippen LogP contribution in [0.1, 0.15) is 52.5 Å². The van der Waals surface area contributed by atoms with Gasteiger partial charge in [0.15, 0.2) is 0 Å². The average molecular weight is 513 g/mol. The minimum absolute atomic E-state index is 0.00566. The molecule has 2 aromatic rings. The van der Waals surface area contributed by atoms with E-state index in [2.05, 4.69) is 15.1 Å². The Morgan fingerprint density at radius 1 is 1.00 bits per heavy atom. The predicted molar refractivity (Wildman–Crippen MR) is 142 cm³/mol. The van der Waals surface area contributed by atoms with Crippen molar-refractivity contribution < 1.29 is 14.7 Å². The molecule has 3 saturated heterocycles. The molecule has 10 heteroatoms. The number of hydrogen-bond acceptors (Lipinski definition) is 6. The minimum Gasteiger partial charge on any atom is -0.390 e. The zero-order chi connectivity index (χ0) is 26.3. The highest BCUT2D eigenvalue weighted by atomic mass is 16.3. The first-order valence-electron chi connectivity index (χ1n) is 13.7. The molecule has 2 bridgehead atoms.